The Labute approximate surface area is 135 Å². The molecule has 1 aromatic carbocycles. The van der Waals surface area contributed by atoms with Gasteiger partial charge in [0.2, 0.25) is 0 Å². The molecule has 2 aliphatic rings. The predicted molar refractivity (Wildman–Crippen MR) is 87.4 cm³/mol. The van der Waals surface area contributed by atoms with E-state index in [0.717, 1.165) is 50.5 Å². The lowest BCUT2D eigenvalue weighted by Crippen LogP contribution is -2.62. The Hall–Kier alpha value is -1.92. The van der Waals surface area contributed by atoms with E-state index < -0.39 is 5.91 Å². The Morgan fingerprint density at radius 3 is 2.83 bits per heavy atom. The van der Waals surface area contributed by atoms with Crippen LogP contribution >= 0.6 is 0 Å². The van der Waals surface area contributed by atoms with E-state index in [0.29, 0.717) is 17.1 Å². The Morgan fingerprint density at radius 1 is 1.39 bits per heavy atom. The summed E-state index contributed by atoms with van der Waals surface area (Å²) in [5.74, 6) is 0.515. The van der Waals surface area contributed by atoms with Gasteiger partial charge in [-0.05, 0) is 25.0 Å². The number of likely N-dealkylation sites (tertiary alicyclic amines) is 1. The SMILES string of the molecule is CC1(c2nc3c(C(N)=O)cccc3[nH]2)CN(C2CCOCC2)C1. The molecule has 0 saturated carbocycles. The molecule has 0 radical (unpaired) electrons. The van der Waals surface area contributed by atoms with Crippen LogP contribution in [-0.4, -0.2) is 53.1 Å². The van der Waals surface area contributed by atoms with Crippen molar-refractivity contribution in [3.63, 3.8) is 0 Å². The van der Waals surface area contributed by atoms with Crippen LogP contribution in [0.15, 0.2) is 18.2 Å². The maximum absolute atomic E-state index is 11.6. The molecule has 2 saturated heterocycles. The maximum atomic E-state index is 11.6. The molecule has 0 atom stereocenters. The van der Waals surface area contributed by atoms with Crippen LogP contribution in [0.2, 0.25) is 0 Å². The quantitative estimate of drug-likeness (QED) is 0.897. The summed E-state index contributed by atoms with van der Waals surface area (Å²) in [4.78, 5) is 22.2. The fourth-order valence-electron chi connectivity index (χ4n) is 3.83. The minimum Gasteiger partial charge on any atom is -0.381 e. The molecule has 3 N–H and O–H groups in total. The smallest absolute Gasteiger partial charge is 0.250 e. The molecule has 0 aliphatic carbocycles. The molecular weight excluding hydrogens is 292 g/mol. The van der Waals surface area contributed by atoms with Crippen LogP contribution in [0, 0.1) is 0 Å². The van der Waals surface area contributed by atoms with E-state index in [9.17, 15) is 4.79 Å². The molecule has 0 unspecified atom stereocenters. The van der Waals surface area contributed by atoms with Gasteiger partial charge in [0.1, 0.15) is 11.3 Å². The average Bonchev–Trinajstić information content (AvgIpc) is 2.96. The van der Waals surface area contributed by atoms with Crippen molar-refractivity contribution in [2.45, 2.75) is 31.2 Å². The lowest BCUT2D eigenvalue weighted by Gasteiger charge is -2.51. The molecule has 4 rings (SSSR count). The molecule has 0 spiro atoms. The number of carbonyl (C=O) groups excluding carboxylic acids is 1. The summed E-state index contributed by atoms with van der Waals surface area (Å²) >= 11 is 0. The van der Waals surface area contributed by atoms with Gasteiger partial charge in [0.25, 0.3) is 5.91 Å². The summed E-state index contributed by atoms with van der Waals surface area (Å²) in [6.07, 6.45) is 2.23. The number of benzene rings is 1. The molecular formula is C17H22N4O2. The summed E-state index contributed by atoms with van der Waals surface area (Å²) < 4.78 is 5.44. The molecule has 2 aliphatic heterocycles. The third-order valence-electron chi connectivity index (χ3n) is 5.16. The number of hydrogen-bond acceptors (Lipinski definition) is 4. The highest BCUT2D eigenvalue weighted by Crippen LogP contribution is 2.36. The maximum Gasteiger partial charge on any atom is 0.250 e. The second kappa shape index (κ2) is 5.32. The highest BCUT2D eigenvalue weighted by Gasteiger charge is 2.45. The van der Waals surface area contributed by atoms with Crippen molar-refractivity contribution in [2.24, 2.45) is 5.73 Å². The van der Waals surface area contributed by atoms with E-state index >= 15 is 0 Å². The Morgan fingerprint density at radius 2 is 2.13 bits per heavy atom. The van der Waals surface area contributed by atoms with Gasteiger partial charge < -0.3 is 15.5 Å². The van der Waals surface area contributed by atoms with Crippen LogP contribution in [0.4, 0.5) is 0 Å². The zero-order valence-electron chi connectivity index (χ0n) is 13.3. The number of aromatic nitrogens is 2. The molecule has 2 aromatic rings. The largest absolute Gasteiger partial charge is 0.381 e. The molecule has 1 aromatic heterocycles. The summed E-state index contributed by atoms with van der Waals surface area (Å²) in [6, 6.07) is 6.13. The number of primary amides is 1. The number of nitrogens with zero attached hydrogens (tertiary/aromatic N) is 2. The zero-order chi connectivity index (χ0) is 16.0. The first-order chi connectivity index (χ1) is 11.1. The van der Waals surface area contributed by atoms with E-state index in [1.807, 2.05) is 12.1 Å². The number of hydrogen-bond donors (Lipinski definition) is 2. The van der Waals surface area contributed by atoms with Crippen LogP contribution < -0.4 is 5.73 Å². The predicted octanol–water partition coefficient (Wildman–Crippen LogP) is 1.41. The van der Waals surface area contributed by atoms with E-state index in [4.69, 9.17) is 15.5 Å². The fourth-order valence-corrected chi connectivity index (χ4v) is 3.83. The molecule has 3 heterocycles. The Bertz CT molecular complexity index is 742. The number of rotatable bonds is 3. The molecule has 1 amide bonds. The molecule has 6 nitrogen and oxygen atoms in total. The van der Waals surface area contributed by atoms with Gasteiger partial charge >= 0.3 is 0 Å². The Balaban J connectivity index is 1.58. The van der Waals surface area contributed by atoms with Crippen molar-refractivity contribution in [1.29, 1.82) is 0 Å². The van der Waals surface area contributed by atoms with E-state index in [-0.39, 0.29) is 5.41 Å². The summed E-state index contributed by atoms with van der Waals surface area (Å²) in [7, 11) is 0. The van der Waals surface area contributed by atoms with Gasteiger partial charge in [0.05, 0.1) is 16.5 Å². The second-order valence-electron chi connectivity index (χ2n) is 6.96. The number of H-pyrrole nitrogens is 1. The number of ether oxygens (including phenoxy) is 1. The van der Waals surface area contributed by atoms with E-state index in [1.165, 1.54) is 0 Å². The van der Waals surface area contributed by atoms with E-state index in [2.05, 4.69) is 16.8 Å². The second-order valence-corrected chi connectivity index (χ2v) is 6.96. The topological polar surface area (TPSA) is 84.2 Å². The van der Waals surface area contributed by atoms with Crippen molar-refractivity contribution in [1.82, 2.24) is 14.9 Å². The van der Waals surface area contributed by atoms with Crippen molar-refractivity contribution < 1.29 is 9.53 Å². The zero-order valence-corrected chi connectivity index (χ0v) is 13.3. The van der Waals surface area contributed by atoms with Crippen LogP contribution in [0.1, 0.15) is 35.9 Å². The van der Waals surface area contributed by atoms with Gasteiger partial charge in [-0.25, -0.2) is 4.98 Å². The summed E-state index contributed by atoms with van der Waals surface area (Å²) in [5, 5.41) is 0. The first-order valence-electron chi connectivity index (χ1n) is 8.18. The number of nitrogens with two attached hydrogens (primary N) is 1. The number of nitrogens with one attached hydrogen (secondary N) is 1. The van der Waals surface area contributed by atoms with Gasteiger partial charge in [-0.3, -0.25) is 9.69 Å². The number of fused-ring (bicyclic) bond motifs is 1. The van der Waals surface area contributed by atoms with Crippen molar-refractivity contribution in [3.8, 4) is 0 Å². The molecule has 2 fully saturated rings. The molecule has 122 valence electrons. The number of para-hydroxylation sites is 1. The highest BCUT2D eigenvalue weighted by atomic mass is 16.5. The monoisotopic (exact) mass is 314 g/mol. The standard InChI is InChI=1S/C17H22N4O2/c1-17(9-21(10-17)11-5-7-23-8-6-11)16-19-13-4-2-3-12(15(18)22)14(13)20-16/h2-4,11H,5-10H2,1H3,(H2,18,22)(H,19,20). The van der Waals surface area contributed by atoms with Crippen LogP contribution in [0.5, 0.6) is 0 Å². The number of aromatic amines is 1. The van der Waals surface area contributed by atoms with Crippen LogP contribution in [0.25, 0.3) is 11.0 Å². The molecule has 6 heteroatoms. The van der Waals surface area contributed by atoms with Gasteiger partial charge in [-0.1, -0.05) is 13.0 Å². The van der Waals surface area contributed by atoms with Crippen LogP contribution in [0.3, 0.4) is 0 Å². The third-order valence-corrected chi connectivity index (χ3v) is 5.16. The number of imidazole rings is 1. The lowest BCUT2D eigenvalue weighted by atomic mass is 9.79. The Kier molecular flexibility index (Phi) is 3.39. The number of amides is 1. The minimum absolute atomic E-state index is 0.00619. The fraction of sp³-hybridized carbons (Fsp3) is 0.529. The third kappa shape index (κ3) is 2.42. The highest BCUT2D eigenvalue weighted by molar-refractivity contribution is 6.04. The molecule has 23 heavy (non-hydrogen) atoms. The summed E-state index contributed by atoms with van der Waals surface area (Å²) in [6.45, 7) is 5.94. The van der Waals surface area contributed by atoms with Gasteiger partial charge in [0.15, 0.2) is 0 Å². The first-order valence-corrected chi connectivity index (χ1v) is 8.18. The van der Waals surface area contributed by atoms with E-state index in [1.54, 1.807) is 6.07 Å². The van der Waals surface area contributed by atoms with Crippen molar-refractivity contribution in [2.75, 3.05) is 26.3 Å². The molecule has 0 bridgehead atoms. The summed E-state index contributed by atoms with van der Waals surface area (Å²) in [5.41, 5.74) is 7.50. The lowest BCUT2D eigenvalue weighted by molar-refractivity contribution is -0.0265. The van der Waals surface area contributed by atoms with Crippen molar-refractivity contribution >= 4 is 16.9 Å². The first kappa shape index (κ1) is 14.7. The normalized spacial score (nSPS) is 22.1. The van der Waals surface area contributed by atoms with Gasteiger partial charge in [-0.2, -0.15) is 0 Å². The van der Waals surface area contributed by atoms with Crippen LogP contribution in [-0.2, 0) is 10.2 Å². The average molecular weight is 314 g/mol. The number of carbonyl (C=O) groups is 1. The van der Waals surface area contributed by atoms with Crippen molar-refractivity contribution in [3.05, 3.63) is 29.6 Å². The van der Waals surface area contributed by atoms with Gasteiger partial charge in [-0.15, -0.1) is 0 Å². The van der Waals surface area contributed by atoms with Gasteiger partial charge in [0, 0.05) is 32.3 Å². The minimum atomic E-state index is -0.434.